The molecule has 0 aliphatic rings. The third-order valence-electron chi connectivity index (χ3n) is 3.70. The highest BCUT2D eigenvalue weighted by molar-refractivity contribution is 7.92. The van der Waals surface area contributed by atoms with Gasteiger partial charge in [-0.1, -0.05) is 43.5 Å². The average Bonchev–Trinajstić information content (AvgIpc) is 2.56. The van der Waals surface area contributed by atoms with Crippen molar-refractivity contribution in [2.24, 2.45) is 0 Å². The van der Waals surface area contributed by atoms with Crippen LogP contribution < -0.4 is 15.0 Å². The number of nitrogens with zero attached hydrogens (tertiary/aromatic N) is 1. The van der Waals surface area contributed by atoms with E-state index in [9.17, 15) is 13.2 Å². The highest BCUT2D eigenvalue weighted by Gasteiger charge is 2.11. The van der Waals surface area contributed by atoms with E-state index in [1.54, 1.807) is 30.5 Å². The number of sulfonamides is 1. The van der Waals surface area contributed by atoms with Gasteiger partial charge in [0.05, 0.1) is 30.1 Å². The van der Waals surface area contributed by atoms with Crippen molar-refractivity contribution in [3.05, 3.63) is 57.5 Å². The lowest BCUT2D eigenvalue weighted by Crippen LogP contribution is -2.20. The summed E-state index contributed by atoms with van der Waals surface area (Å²) in [7, 11) is -3.44. The van der Waals surface area contributed by atoms with Gasteiger partial charge in [-0.25, -0.2) is 8.42 Å². The molecule has 0 unspecified atom stereocenters. The standard InChI is InChI=1S/C18H23ClN2O4S/c1-3-4-5-11-25-15-9-10-21(17(22)12-15)13-14-7-6-8-16(18(14)19)20-26(2,23)24/h6-10,12,20H,3-5,11,13H2,1-2H3. The van der Waals surface area contributed by atoms with Crippen LogP contribution in [0.3, 0.4) is 0 Å². The Hall–Kier alpha value is -1.99. The SMILES string of the molecule is CCCCCOc1ccn(Cc2cccc(NS(C)(=O)=O)c2Cl)c(=O)c1. The fraction of sp³-hybridized carbons (Fsp3) is 0.389. The van der Waals surface area contributed by atoms with Crippen LogP contribution in [-0.4, -0.2) is 25.8 Å². The monoisotopic (exact) mass is 398 g/mol. The fourth-order valence-corrected chi connectivity index (χ4v) is 3.27. The molecule has 1 aromatic heterocycles. The molecule has 2 aromatic rings. The van der Waals surface area contributed by atoms with Crippen molar-refractivity contribution >= 4 is 27.3 Å². The number of unbranched alkanes of at least 4 members (excludes halogenated alkanes) is 2. The van der Waals surface area contributed by atoms with E-state index in [-0.39, 0.29) is 22.8 Å². The highest BCUT2D eigenvalue weighted by Crippen LogP contribution is 2.27. The molecule has 6 nitrogen and oxygen atoms in total. The largest absolute Gasteiger partial charge is 0.493 e. The summed E-state index contributed by atoms with van der Waals surface area (Å²) in [5, 5.41) is 0.268. The van der Waals surface area contributed by atoms with Gasteiger partial charge in [-0.3, -0.25) is 9.52 Å². The molecule has 8 heteroatoms. The third-order valence-corrected chi connectivity index (χ3v) is 4.74. The minimum Gasteiger partial charge on any atom is -0.493 e. The molecule has 1 N–H and O–H groups in total. The second-order valence-electron chi connectivity index (χ2n) is 6.04. The van der Waals surface area contributed by atoms with Gasteiger partial charge in [-0.05, 0) is 24.1 Å². The van der Waals surface area contributed by atoms with Crippen LogP contribution in [-0.2, 0) is 16.6 Å². The van der Waals surface area contributed by atoms with Gasteiger partial charge in [-0.2, -0.15) is 0 Å². The van der Waals surface area contributed by atoms with Crippen molar-refractivity contribution in [1.29, 1.82) is 0 Å². The lowest BCUT2D eigenvalue weighted by atomic mass is 10.2. The van der Waals surface area contributed by atoms with Crippen LogP contribution in [0.4, 0.5) is 5.69 Å². The molecule has 0 aliphatic carbocycles. The van der Waals surface area contributed by atoms with Crippen molar-refractivity contribution < 1.29 is 13.2 Å². The van der Waals surface area contributed by atoms with Gasteiger partial charge in [0.25, 0.3) is 5.56 Å². The van der Waals surface area contributed by atoms with Gasteiger partial charge in [0, 0.05) is 12.3 Å². The van der Waals surface area contributed by atoms with Crippen molar-refractivity contribution in [3.8, 4) is 5.75 Å². The number of hydrogen-bond acceptors (Lipinski definition) is 4. The predicted octanol–water partition coefficient (Wildman–Crippen LogP) is 3.49. The van der Waals surface area contributed by atoms with E-state index in [0.717, 1.165) is 25.5 Å². The van der Waals surface area contributed by atoms with Gasteiger partial charge in [0.15, 0.2) is 0 Å². The lowest BCUT2D eigenvalue weighted by Gasteiger charge is -2.12. The Morgan fingerprint density at radius 3 is 2.65 bits per heavy atom. The summed E-state index contributed by atoms with van der Waals surface area (Å²) in [6, 6.07) is 8.18. The first kappa shape index (κ1) is 20.3. The smallest absolute Gasteiger partial charge is 0.254 e. The second kappa shape index (κ2) is 9.09. The van der Waals surface area contributed by atoms with Crippen molar-refractivity contribution in [2.45, 2.75) is 32.7 Å². The Balaban J connectivity index is 2.14. The Labute approximate surface area is 158 Å². The average molecular weight is 399 g/mol. The quantitative estimate of drug-likeness (QED) is 0.656. The second-order valence-corrected chi connectivity index (χ2v) is 8.16. The van der Waals surface area contributed by atoms with Crippen molar-refractivity contribution in [2.75, 3.05) is 17.6 Å². The summed E-state index contributed by atoms with van der Waals surface area (Å²) in [5.41, 5.74) is 0.713. The number of halogens is 1. The number of pyridine rings is 1. The molecule has 0 saturated heterocycles. The van der Waals surface area contributed by atoms with Crippen LogP contribution in [0.15, 0.2) is 41.3 Å². The normalized spacial score (nSPS) is 11.3. The maximum absolute atomic E-state index is 12.3. The first-order valence-corrected chi connectivity index (χ1v) is 10.7. The van der Waals surface area contributed by atoms with Gasteiger partial charge in [0.2, 0.25) is 10.0 Å². The third kappa shape index (κ3) is 6.07. The zero-order valence-corrected chi connectivity index (χ0v) is 16.4. The minimum atomic E-state index is -3.44. The highest BCUT2D eigenvalue weighted by atomic mass is 35.5. The molecule has 26 heavy (non-hydrogen) atoms. The number of aromatic nitrogens is 1. The molecule has 0 fully saturated rings. The molecular formula is C18H23ClN2O4S. The molecule has 0 radical (unpaired) electrons. The topological polar surface area (TPSA) is 77.4 Å². The maximum atomic E-state index is 12.3. The molecule has 0 atom stereocenters. The zero-order valence-electron chi connectivity index (χ0n) is 14.9. The molecule has 142 valence electrons. The first-order valence-electron chi connectivity index (χ1n) is 8.38. The van der Waals surface area contributed by atoms with Crippen LogP contribution in [0.25, 0.3) is 0 Å². The summed E-state index contributed by atoms with van der Waals surface area (Å²) in [6.45, 7) is 2.93. The summed E-state index contributed by atoms with van der Waals surface area (Å²) < 4.78 is 32.2. The number of ether oxygens (including phenoxy) is 1. The number of benzene rings is 1. The molecular weight excluding hydrogens is 376 g/mol. The molecule has 0 spiro atoms. The van der Waals surface area contributed by atoms with Crippen molar-refractivity contribution in [1.82, 2.24) is 4.57 Å². The Morgan fingerprint density at radius 1 is 1.23 bits per heavy atom. The maximum Gasteiger partial charge on any atom is 0.254 e. The Morgan fingerprint density at radius 2 is 2.00 bits per heavy atom. The molecule has 0 saturated carbocycles. The van der Waals surface area contributed by atoms with Crippen LogP contribution in [0.5, 0.6) is 5.75 Å². The van der Waals surface area contributed by atoms with Gasteiger partial charge < -0.3 is 9.30 Å². The van der Waals surface area contributed by atoms with E-state index >= 15 is 0 Å². The predicted molar refractivity (Wildman–Crippen MR) is 105 cm³/mol. The summed E-state index contributed by atoms with van der Waals surface area (Å²) in [5.74, 6) is 0.543. The molecule has 1 heterocycles. The van der Waals surface area contributed by atoms with Crippen LogP contribution >= 0.6 is 11.6 Å². The number of anilines is 1. The fourth-order valence-electron chi connectivity index (χ4n) is 2.42. The molecule has 1 aromatic carbocycles. The van der Waals surface area contributed by atoms with Crippen LogP contribution in [0.1, 0.15) is 31.7 Å². The van der Waals surface area contributed by atoms with Gasteiger partial charge in [-0.15, -0.1) is 0 Å². The number of nitrogens with one attached hydrogen (secondary N) is 1. The zero-order chi connectivity index (χ0) is 19.2. The van der Waals surface area contributed by atoms with E-state index in [2.05, 4.69) is 11.6 Å². The van der Waals surface area contributed by atoms with Gasteiger partial charge >= 0.3 is 0 Å². The Kier molecular flexibility index (Phi) is 7.11. The summed E-state index contributed by atoms with van der Waals surface area (Å²) in [6.07, 6.45) is 5.85. The molecule has 2 rings (SSSR count). The van der Waals surface area contributed by atoms with E-state index < -0.39 is 10.0 Å². The van der Waals surface area contributed by atoms with Crippen LogP contribution in [0.2, 0.25) is 5.02 Å². The van der Waals surface area contributed by atoms with Crippen molar-refractivity contribution in [3.63, 3.8) is 0 Å². The van der Waals surface area contributed by atoms with E-state index in [1.807, 2.05) is 0 Å². The minimum absolute atomic E-state index is 0.212. The van der Waals surface area contributed by atoms with E-state index in [1.165, 1.54) is 10.6 Å². The molecule has 0 amide bonds. The summed E-state index contributed by atoms with van der Waals surface area (Å²) >= 11 is 6.28. The number of hydrogen-bond donors (Lipinski definition) is 1. The lowest BCUT2D eigenvalue weighted by molar-refractivity contribution is 0.305. The number of rotatable bonds is 9. The summed E-state index contributed by atoms with van der Waals surface area (Å²) in [4.78, 5) is 12.3. The van der Waals surface area contributed by atoms with E-state index in [0.29, 0.717) is 17.9 Å². The van der Waals surface area contributed by atoms with Crippen LogP contribution in [0, 0.1) is 0 Å². The van der Waals surface area contributed by atoms with E-state index in [4.69, 9.17) is 16.3 Å². The Bertz CT molecular complexity index is 910. The first-order chi connectivity index (χ1) is 12.3. The van der Waals surface area contributed by atoms with Gasteiger partial charge in [0.1, 0.15) is 5.75 Å². The molecule has 0 bridgehead atoms. The molecule has 0 aliphatic heterocycles.